The summed E-state index contributed by atoms with van der Waals surface area (Å²) >= 11 is 0. The summed E-state index contributed by atoms with van der Waals surface area (Å²) < 4.78 is 10.9. The van der Waals surface area contributed by atoms with Crippen LogP contribution in [0.4, 0.5) is 0 Å². The second kappa shape index (κ2) is 5.94. The summed E-state index contributed by atoms with van der Waals surface area (Å²) in [5.74, 6) is 2.67. The lowest BCUT2D eigenvalue weighted by atomic mass is 10.0. The third-order valence-electron chi connectivity index (χ3n) is 4.80. The number of fused-ring (bicyclic) bond motifs is 1. The van der Waals surface area contributed by atoms with Crippen LogP contribution in [0.3, 0.4) is 0 Å². The molecule has 0 spiro atoms. The Bertz CT molecular complexity index is 831. The van der Waals surface area contributed by atoms with Gasteiger partial charge in [-0.05, 0) is 50.1 Å². The number of hydrogen-bond acceptors (Lipinski definition) is 5. The molecule has 1 atom stereocenters. The molecular weight excluding hydrogens is 306 g/mol. The van der Waals surface area contributed by atoms with Gasteiger partial charge in [-0.15, -0.1) is 0 Å². The molecule has 0 aliphatic carbocycles. The van der Waals surface area contributed by atoms with Crippen molar-refractivity contribution in [2.24, 2.45) is 0 Å². The number of H-pyrrole nitrogens is 1. The number of benzene rings is 1. The van der Waals surface area contributed by atoms with E-state index in [1.807, 2.05) is 13.0 Å². The molecule has 0 bridgehead atoms. The standard InChI is InChI=1S/C18H21N3O3/c1-11-5-16-17(24-10-23-16)6-14(11)9-21-4-3-13(8-21)15-7-18(22)20-12(2)19-15/h5-7,13H,3-4,8-10H2,1-2H3,(H,19,20,22)/t13-/m0/s1. The highest BCUT2D eigenvalue weighted by Gasteiger charge is 2.26. The van der Waals surface area contributed by atoms with E-state index < -0.39 is 0 Å². The number of aromatic amines is 1. The first-order chi connectivity index (χ1) is 11.6. The number of ether oxygens (including phenoxy) is 2. The lowest BCUT2D eigenvalue weighted by Gasteiger charge is -2.18. The largest absolute Gasteiger partial charge is 0.454 e. The van der Waals surface area contributed by atoms with Crippen LogP contribution < -0.4 is 15.0 Å². The minimum atomic E-state index is -0.0671. The highest BCUT2D eigenvalue weighted by Crippen LogP contribution is 2.35. The number of nitrogens with one attached hydrogen (secondary N) is 1. The van der Waals surface area contributed by atoms with Gasteiger partial charge in [-0.25, -0.2) is 4.98 Å². The first-order valence-corrected chi connectivity index (χ1v) is 8.28. The van der Waals surface area contributed by atoms with Gasteiger partial charge < -0.3 is 14.5 Å². The van der Waals surface area contributed by atoms with E-state index >= 15 is 0 Å². The van der Waals surface area contributed by atoms with Crippen LogP contribution in [0.25, 0.3) is 0 Å². The molecule has 126 valence electrons. The summed E-state index contributed by atoms with van der Waals surface area (Å²) in [4.78, 5) is 21.3. The van der Waals surface area contributed by atoms with Crippen LogP contribution >= 0.6 is 0 Å². The Kier molecular flexibility index (Phi) is 3.76. The van der Waals surface area contributed by atoms with E-state index in [0.29, 0.717) is 18.5 Å². The average Bonchev–Trinajstić information content (AvgIpc) is 3.16. The maximum absolute atomic E-state index is 11.7. The third kappa shape index (κ3) is 2.89. The van der Waals surface area contributed by atoms with Crippen LogP contribution in [-0.4, -0.2) is 34.8 Å². The predicted octanol–water partition coefficient (Wildman–Crippen LogP) is 2.10. The zero-order valence-electron chi connectivity index (χ0n) is 14.0. The molecule has 6 nitrogen and oxygen atoms in total. The van der Waals surface area contributed by atoms with E-state index in [2.05, 4.69) is 27.9 Å². The average molecular weight is 327 g/mol. The van der Waals surface area contributed by atoms with Gasteiger partial charge in [0.15, 0.2) is 11.5 Å². The summed E-state index contributed by atoms with van der Waals surface area (Å²) in [6.07, 6.45) is 1.03. The molecule has 0 radical (unpaired) electrons. The molecule has 6 heteroatoms. The SMILES string of the molecule is Cc1nc([C@H]2CCN(Cc3cc4c(cc3C)OCO4)C2)cc(=O)[nH]1. The monoisotopic (exact) mass is 327 g/mol. The van der Waals surface area contributed by atoms with E-state index in [9.17, 15) is 4.79 Å². The summed E-state index contributed by atoms with van der Waals surface area (Å²) in [7, 11) is 0. The Morgan fingerprint density at radius 2 is 2.04 bits per heavy atom. The lowest BCUT2D eigenvalue weighted by Crippen LogP contribution is -2.21. The minimum Gasteiger partial charge on any atom is -0.454 e. The molecule has 0 amide bonds. The van der Waals surface area contributed by atoms with Crippen LogP contribution in [0, 0.1) is 13.8 Å². The fourth-order valence-corrected chi connectivity index (χ4v) is 3.53. The quantitative estimate of drug-likeness (QED) is 0.935. The fourth-order valence-electron chi connectivity index (χ4n) is 3.53. The van der Waals surface area contributed by atoms with Gasteiger partial charge >= 0.3 is 0 Å². The van der Waals surface area contributed by atoms with Crippen molar-refractivity contribution < 1.29 is 9.47 Å². The van der Waals surface area contributed by atoms with E-state index in [0.717, 1.165) is 43.2 Å². The van der Waals surface area contributed by atoms with E-state index in [1.165, 1.54) is 11.1 Å². The van der Waals surface area contributed by atoms with Crippen molar-refractivity contribution in [3.63, 3.8) is 0 Å². The minimum absolute atomic E-state index is 0.0671. The summed E-state index contributed by atoms with van der Waals surface area (Å²) in [5, 5.41) is 0. The van der Waals surface area contributed by atoms with Gasteiger partial charge in [0, 0.05) is 25.1 Å². The van der Waals surface area contributed by atoms with E-state index in [1.54, 1.807) is 6.07 Å². The van der Waals surface area contributed by atoms with Crippen molar-refractivity contribution in [2.75, 3.05) is 19.9 Å². The smallest absolute Gasteiger partial charge is 0.251 e. The van der Waals surface area contributed by atoms with Gasteiger partial charge in [0.05, 0.1) is 5.69 Å². The first-order valence-electron chi connectivity index (χ1n) is 8.28. The second-order valence-electron chi connectivity index (χ2n) is 6.61. The second-order valence-corrected chi connectivity index (χ2v) is 6.61. The third-order valence-corrected chi connectivity index (χ3v) is 4.80. The normalized spacial score (nSPS) is 19.8. The zero-order valence-corrected chi connectivity index (χ0v) is 14.0. The van der Waals surface area contributed by atoms with E-state index in [-0.39, 0.29) is 5.56 Å². The molecule has 1 N–H and O–H groups in total. The number of nitrogens with zero attached hydrogens (tertiary/aromatic N) is 2. The van der Waals surface area contributed by atoms with Crippen LogP contribution in [0.15, 0.2) is 23.0 Å². The van der Waals surface area contributed by atoms with Crippen molar-refractivity contribution >= 4 is 0 Å². The van der Waals surface area contributed by atoms with Gasteiger partial charge in [-0.1, -0.05) is 0 Å². The molecule has 0 saturated carbocycles. The van der Waals surface area contributed by atoms with Crippen LogP contribution in [0.2, 0.25) is 0 Å². The van der Waals surface area contributed by atoms with Crippen LogP contribution in [-0.2, 0) is 6.54 Å². The van der Waals surface area contributed by atoms with Crippen LogP contribution in [0.1, 0.15) is 35.0 Å². The van der Waals surface area contributed by atoms with Crippen molar-refractivity contribution in [1.29, 1.82) is 0 Å². The summed E-state index contributed by atoms with van der Waals surface area (Å²) in [5.41, 5.74) is 3.31. The molecule has 1 saturated heterocycles. The van der Waals surface area contributed by atoms with Crippen molar-refractivity contribution in [1.82, 2.24) is 14.9 Å². The molecule has 2 aliphatic rings. The zero-order chi connectivity index (χ0) is 16.7. The van der Waals surface area contributed by atoms with Gasteiger partial charge in [0.25, 0.3) is 5.56 Å². The van der Waals surface area contributed by atoms with Crippen molar-refractivity contribution in [3.8, 4) is 11.5 Å². The molecule has 2 aromatic rings. The summed E-state index contributed by atoms with van der Waals surface area (Å²) in [6, 6.07) is 5.76. The Morgan fingerprint density at radius 3 is 2.83 bits per heavy atom. The molecule has 0 unspecified atom stereocenters. The number of hydrogen-bond donors (Lipinski definition) is 1. The van der Waals surface area contributed by atoms with E-state index in [4.69, 9.17) is 9.47 Å². The maximum atomic E-state index is 11.7. The molecule has 1 aromatic heterocycles. The highest BCUT2D eigenvalue weighted by molar-refractivity contribution is 5.48. The maximum Gasteiger partial charge on any atom is 0.251 e. The molecule has 3 heterocycles. The molecule has 2 aliphatic heterocycles. The molecule has 24 heavy (non-hydrogen) atoms. The van der Waals surface area contributed by atoms with Gasteiger partial charge in [-0.3, -0.25) is 9.69 Å². The Balaban J connectivity index is 1.49. The van der Waals surface area contributed by atoms with Crippen molar-refractivity contribution in [3.05, 3.63) is 51.2 Å². The van der Waals surface area contributed by atoms with Gasteiger partial charge in [-0.2, -0.15) is 0 Å². The number of likely N-dealkylation sites (tertiary alicyclic amines) is 1. The highest BCUT2D eigenvalue weighted by atomic mass is 16.7. The Hall–Kier alpha value is -2.34. The predicted molar refractivity (Wildman–Crippen MR) is 89.5 cm³/mol. The Morgan fingerprint density at radius 1 is 1.25 bits per heavy atom. The first kappa shape index (κ1) is 15.2. The topological polar surface area (TPSA) is 67.5 Å². The summed E-state index contributed by atoms with van der Waals surface area (Å²) in [6.45, 7) is 7.04. The molecule has 1 fully saturated rings. The van der Waals surface area contributed by atoms with Crippen LogP contribution in [0.5, 0.6) is 11.5 Å². The fraction of sp³-hybridized carbons (Fsp3) is 0.444. The van der Waals surface area contributed by atoms with Crippen molar-refractivity contribution in [2.45, 2.75) is 32.7 Å². The molecular formula is C18H21N3O3. The van der Waals surface area contributed by atoms with Gasteiger partial charge in [0.2, 0.25) is 6.79 Å². The number of rotatable bonds is 3. The molecule has 1 aromatic carbocycles. The lowest BCUT2D eigenvalue weighted by molar-refractivity contribution is 0.174. The Labute approximate surface area is 140 Å². The number of aryl methyl sites for hydroxylation is 2. The molecule has 4 rings (SSSR count). The van der Waals surface area contributed by atoms with Gasteiger partial charge in [0.1, 0.15) is 5.82 Å². The number of aromatic nitrogens is 2.